The van der Waals surface area contributed by atoms with E-state index in [9.17, 15) is 4.79 Å². The zero-order valence-electron chi connectivity index (χ0n) is 13.6. The molecule has 0 fully saturated rings. The SMILES string of the molecule is CCCCOC(C)C(CCCC)C(=O)OC(C)(C)C. The predicted octanol–water partition coefficient (Wildman–Crippen LogP) is 4.34. The van der Waals surface area contributed by atoms with Gasteiger partial charge in [0.2, 0.25) is 0 Å². The van der Waals surface area contributed by atoms with Gasteiger partial charge < -0.3 is 9.47 Å². The van der Waals surface area contributed by atoms with E-state index in [1.54, 1.807) is 0 Å². The van der Waals surface area contributed by atoms with Crippen LogP contribution >= 0.6 is 0 Å². The fraction of sp³-hybridized carbons (Fsp3) is 0.938. The number of carbonyl (C=O) groups excluding carboxylic acids is 1. The van der Waals surface area contributed by atoms with Gasteiger partial charge in [0.1, 0.15) is 5.60 Å². The van der Waals surface area contributed by atoms with E-state index in [1.807, 2.05) is 27.7 Å². The van der Waals surface area contributed by atoms with Crippen LogP contribution in [-0.2, 0) is 14.3 Å². The van der Waals surface area contributed by atoms with Gasteiger partial charge in [-0.3, -0.25) is 4.79 Å². The highest BCUT2D eigenvalue weighted by Crippen LogP contribution is 2.21. The second-order valence-electron chi connectivity index (χ2n) is 6.21. The van der Waals surface area contributed by atoms with Crippen molar-refractivity contribution in [3.63, 3.8) is 0 Å². The molecule has 0 radical (unpaired) electrons. The summed E-state index contributed by atoms with van der Waals surface area (Å²) in [4.78, 5) is 12.2. The number of hydrogen-bond donors (Lipinski definition) is 0. The van der Waals surface area contributed by atoms with E-state index in [0.29, 0.717) is 0 Å². The monoisotopic (exact) mass is 272 g/mol. The van der Waals surface area contributed by atoms with E-state index >= 15 is 0 Å². The molecule has 0 aliphatic heterocycles. The molecule has 0 N–H and O–H groups in total. The number of esters is 1. The lowest BCUT2D eigenvalue weighted by Gasteiger charge is -2.27. The zero-order chi connectivity index (χ0) is 14.9. The second-order valence-corrected chi connectivity index (χ2v) is 6.21. The van der Waals surface area contributed by atoms with E-state index in [4.69, 9.17) is 9.47 Å². The average molecular weight is 272 g/mol. The minimum Gasteiger partial charge on any atom is -0.460 e. The topological polar surface area (TPSA) is 35.5 Å². The average Bonchev–Trinajstić information content (AvgIpc) is 2.27. The molecular formula is C16H32O3. The van der Waals surface area contributed by atoms with Crippen molar-refractivity contribution in [3.05, 3.63) is 0 Å². The molecule has 0 aliphatic carbocycles. The summed E-state index contributed by atoms with van der Waals surface area (Å²) < 4.78 is 11.3. The Kier molecular flexibility index (Phi) is 9.07. The highest BCUT2D eigenvalue weighted by Gasteiger charge is 2.29. The molecule has 0 spiro atoms. The summed E-state index contributed by atoms with van der Waals surface area (Å²) in [5.74, 6) is -0.263. The zero-order valence-corrected chi connectivity index (χ0v) is 13.6. The van der Waals surface area contributed by atoms with Crippen molar-refractivity contribution in [3.8, 4) is 0 Å². The first kappa shape index (κ1) is 18.4. The first-order valence-corrected chi connectivity index (χ1v) is 7.66. The molecule has 0 aliphatic rings. The number of rotatable bonds is 9. The Labute approximate surface area is 119 Å². The fourth-order valence-corrected chi connectivity index (χ4v) is 1.88. The Hall–Kier alpha value is -0.570. The smallest absolute Gasteiger partial charge is 0.312 e. The van der Waals surface area contributed by atoms with Gasteiger partial charge in [0.25, 0.3) is 0 Å². The maximum absolute atomic E-state index is 12.2. The van der Waals surface area contributed by atoms with Crippen molar-refractivity contribution < 1.29 is 14.3 Å². The van der Waals surface area contributed by atoms with E-state index in [1.165, 1.54) is 0 Å². The molecule has 3 nitrogen and oxygen atoms in total. The van der Waals surface area contributed by atoms with Crippen molar-refractivity contribution in [2.75, 3.05) is 6.61 Å². The third-order valence-electron chi connectivity index (χ3n) is 3.02. The van der Waals surface area contributed by atoms with Crippen LogP contribution in [0, 0.1) is 5.92 Å². The molecular weight excluding hydrogens is 240 g/mol. The van der Waals surface area contributed by atoms with Crippen LogP contribution in [0.5, 0.6) is 0 Å². The molecule has 19 heavy (non-hydrogen) atoms. The van der Waals surface area contributed by atoms with Gasteiger partial charge in [0.15, 0.2) is 0 Å². The van der Waals surface area contributed by atoms with Gasteiger partial charge in [0.05, 0.1) is 12.0 Å². The number of unbranched alkanes of at least 4 members (excludes halogenated alkanes) is 2. The molecule has 0 rings (SSSR count). The van der Waals surface area contributed by atoms with Gasteiger partial charge >= 0.3 is 5.97 Å². The standard InChI is InChI=1S/C16H32O3/c1-7-9-11-14(13(3)18-12-10-8-2)15(17)19-16(4,5)6/h13-14H,7-12H2,1-6H3. The first-order chi connectivity index (χ1) is 8.81. The van der Waals surface area contributed by atoms with Crippen LogP contribution in [0.1, 0.15) is 73.6 Å². The van der Waals surface area contributed by atoms with Crippen LogP contribution < -0.4 is 0 Å². The number of hydrogen-bond acceptors (Lipinski definition) is 3. The minimum absolute atomic E-state index is 0.0621. The van der Waals surface area contributed by atoms with Gasteiger partial charge in [-0.25, -0.2) is 0 Å². The molecule has 0 aromatic rings. The first-order valence-electron chi connectivity index (χ1n) is 7.66. The molecule has 2 atom stereocenters. The second kappa shape index (κ2) is 9.35. The molecule has 0 heterocycles. The van der Waals surface area contributed by atoms with Gasteiger partial charge in [-0.1, -0.05) is 33.1 Å². The van der Waals surface area contributed by atoms with E-state index in [-0.39, 0.29) is 18.0 Å². The molecule has 0 aromatic heterocycles. The van der Waals surface area contributed by atoms with Crippen molar-refractivity contribution in [1.29, 1.82) is 0 Å². The van der Waals surface area contributed by atoms with Crippen LogP contribution in [0.25, 0.3) is 0 Å². The highest BCUT2D eigenvalue weighted by atomic mass is 16.6. The van der Waals surface area contributed by atoms with Gasteiger partial charge in [-0.05, 0) is 40.5 Å². The van der Waals surface area contributed by atoms with Crippen LogP contribution in [0.4, 0.5) is 0 Å². The van der Waals surface area contributed by atoms with E-state index < -0.39 is 5.60 Å². The lowest BCUT2D eigenvalue weighted by Crippen LogP contribution is -2.35. The van der Waals surface area contributed by atoms with Crippen LogP contribution in [-0.4, -0.2) is 24.3 Å². The largest absolute Gasteiger partial charge is 0.460 e. The maximum atomic E-state index is 12.2. The van der Waals surface area contributed by atoms with Gasteiger partial charge in [0, 0.05) is 6.61 Å². The predicted molar refractivity (Wildman–Crippen MR) is 79.2 cm³/mol. The lowest BCUT2D eigenvalue weighted by molar-refractivity contribution is -0.165. The summed E-state index contributed by atoms with van der Waals surface area (Å²) in [7, 11) is 0. The third kappa shape index (κ3) is 9.04. The molecule has 0 amide bonds. The summed E-state index contributed by atoms with van der Waals surface area (Å²) in [6.45, 7) is 12.7. The summed E-state index contributed by atoms with van der Waals surface area (Å²) in [6, 6.07) is 0. The minimum atomic E-state index is -0.426. The third-order valence-corrected chi connectivity index (χ3v) is 3.02. The maximum Gasteiger partial charge on any atom is 0.312 e. The fourth-order valence-electron chi connectivity index (χ4n) is 1.88. The quantitative estimate of drug-likeness (QED) is 0.462. The highest BCUT2D eigenvalue weighted by molar-refractivity contribution is 5.73. The molecule has 0 saturated carbocycles. The Balaban J connectivity index is 4.46. The Morgan fingerprint density at radius 1 is 1.11 bits per heavy atom. The van der Waals surface area contributed by atoms with Crippen molar-refractivity contribution in [2.24, 2.45) is 5.92 Å². The number of ether oxygens (including phenoxy) is 2. The normalized spacial score (nSPS) is 15.1. The van der Waals surface area contributed by atoms with Crippen molar-refractivity contribution in [1.82, 2.24) is 0 Å². The Bertz CT molecular complexity index is 243. The molecule has 114 valence electrons. The van der Waals surface area contributed by atoms with E-state index in [0.717, 1.165) is 38.7 Å². The summed E-state index contributed by atoms with van der Waals surface area (Å²) in [6.07, 6.45) is 5.05. The summed E-state index contributed by atoms with van der Waals surface area (Å²) in [5.41, 5.74) is -0.426. The summed E-state index contributed by atoms with van der Waals surface area (Å²) >= 11 is 0. The molecule has 0 bridgehead atoms. The Morgan fingerprint density at radius 3 is 2.16 bits per heavy atom. The summed E-state index contributed by atoms with van der Waals surface area (Å²) in [5, 5.41) is 0. The van der Waals surface area contributed by atoms with Crippen LogP contribution in [0.3, 0.4) is 0 Å². The van der Waals surface area contributed by atoms with Crippen LogP contribution in [0.2, 0.25) is 0 Å². The lowest BCUT2D eigenvalue weighted by atomic mass is 9.96. The van der Waals surface area contributed by atoms with Crippen LogP contribution in [0.15, 0.2) is 0 Å². The van der Waals surface area contributed by atoms with E-state index in [2.05, 4.69) is 13.8 Å². The molecule has 3 heteroatoms. The van der Waals surface area contributed by atoms with Gasteiger partial charge in [-0.15, -0.1) is 0 Å². The Morgan fingerprint density at radius 2 is 1.68 bits per heavy atom. The van der Waals surface area contributed by atoms with Gasteiger partial charge in [-0.2, -0.15) is 0 Å². The van der Waals surface area contributed by atoms with Crippen molar-refractivity contribution in [2.45, 2.75) is 85.4 Å². The number of carbonyl (C=O) groups is 1. The molecule has 0 aromatic carbocycles. The van der Waals surface area contributed by atoms with Crippen molar-refractivity contribution >= 4 is 5.97 Å². The molecule has 0 saturated heterocycles. The molecule has 2 unspecified atom stereocenters.